The summed E-state index contributed by atoms with van der Waals surface area (Å²) in [5.74, 6) is -2.56. The zero-order valence-electron chi connectivity index (χ0n) is 19.1. The lowest BCUT2D eigenvalue weighted by atomic mass is 9.85. The number of phenolic OH excluding ortho intramolecular Hbond substituents is 2. The number of ketones is 1. The van der Waals surface area contributed by atoms with E-state index in [1.165, 1.54) is 26.4 Å². The van der Waals surface area contributed by atoms with Gasteiger partial charge >= 0.3 is 5.97 Å². The number of fused-ring (bicyclic) bond motifs is 1. The van der Waals surface area contributed by atoms with Crippen molar-refractivity contribution >= 4 is 22.7 Å². The van der Waals surface area contributed by atoms with Gasteiger partial charge in [-0.15, -0.1) is 0 Å². The Bertz CT molecular complexity index is 1470. The Morgan fingerprint density at radius 1 is 0.971 bits per heavy atom. The van der Waals surface area contributed by atoms with E-state index in [2.05, 4.69) is 4.98 Å². The normalized spacial score (nSPS) is 11.7. The number of carbonyl (C=O) groups is 2. The van der Waals surface area contributed by atoms with Gasteiger partial charge in [-0.25, -0.2) is 0 Å². The van der Waals surface area contributed by atoms with Crippen molar-refractivity contribution in [3.05, 3.63) is 99.3 Å². The number of nitrogens with one attached hydrogen (secondary N) is 1. The van der Waals surface area contributed by atoms with E-state index < -0.39 is 29.0 Å². The summed E-state index contributed by atoms with van der Waals surface area (Å²) in [5, 5.41) is 22.5. The number of H-pyrrole nitrogens is 1. The molecule has 8 heteroatoms. The first-order valence-corrected chi connectivity index (χ1v) is 10.8. The fourth-order valence-electron chi connectivity index (χ4n) is 4.07. The average molecular weight is 473 g/mol. The molecule has 4 aromatic rings. The molecule has 0 radical (unpaired) electrons. The Hall–Kier alpha value is -4.59. The highest BCUT2D eigenvalue weighted by Gasteiger charge is 2.30. The highest BCUT2D eigenvalue weighted by atomic mass is 16.5. The summed E-state index contributed by atoms with van der Waals surface area (Å²) < 4.78 is 10.0. The van der Waals surface area contributed by atoms with Crippen LogP contribution in [0.4, 0.5) is 0 Å². The monoisotopic (exact) mass is 473 g/mol. The Labute approximate surface area is 200 Å². The molecule has 0 fully saturated rings. The van der Waals surface area contributed by atoms with Crippen molar-refractivity contribution < 1.29 is 29.3 Å². The van der Waals surface area contributed by atoms with Crippen LogP contribution < -0.4 is 10.3 Å². The zero-order chi connectivity index (χ0) is 25.1. The third kappa shape index (κ3) is 4.59. The summed E-state index contributed by atoms with van der Waals surface area (Å²) in [4.78, 5) is 41.2. The number of hydrogen-bond acceptors (Lipinski definition) is 7. The predicted octanol–water partition coefficient (Wildman–Crippen LogP) is 3.87. The molecule has 1 aromatic heterocycles. The molecule has 4 rings (SSSR count). The fourth-order valence-corrected chi connectivity index (χ4v) is 4.07. The summed E-state index contributed by atoms with van der Waals surface area (Å²) in [6.07, 6.45) is -0.356. The highest BCUT2D eigenvalue weighted by molar-refractivity contribution is 6.11. The molecule has 35 heavy (non-hydrogen) atoms. The number of aromatic nitrogens is 1. The number of rotatable bonds is 7. The van der Waals surface area contributed by atoms with Crippen molar-refractivity contribution in [2.75, 3.05) is 14.2 Å². The molecule has 1 atom stereocenters. The molecule has 0 bridgehead atoms. The molecule has 1 heterocycles. The van der Waals surface area contributed by atoms with Gasteiger partial charge in [-0.1, -0.05) is 30.3 Å². The van der Waals surface area contributed by atoms with Crippen molar-refractivity contribution in [3.8, 4) is 17.2 Å². The first-order chi connectivity index (χ1) is 16.8. The summed E-state index contributed by atoms with van der Waals surface area (Å²) in [6.45, 7) is 0. The van der Waals surface area contributed by atoms with E-state index in [0.717, 1.165) is 0 Å². The van der Waals surface area contributed by atoms with Crippen LogP contribution in [0.2, 0.25) is 0 Å². The van der Waals surface area contributed by atoms with E-state index in [1.807, 2.05) is 0 Å². The van der Waals surface area contributed by atoms with Crippen LogP contribution in [-0.2, 0) is 9.53 Å². The first-order valence-electron chi connectivity index (χ1n) is 10.8. The number of aromatic hydroxyl groups is 2. The fraction of sp³-hybridized carbons (Fsp3) is 0.148. The van der Waals surface area contributed by atoms with Crippen molar-refractivity contribution in [2.24, 2.45) is 0 Å². The van der Waals surface area contributed by atoms with Gasteiger partial charge in [0.2, 0.25) is 0 Å². The maximum Gasteiger partial charge on any atom is 0.306 e. The van der Waals surface area contributed by atoms with Crippen LogP contribution in [0.1, 0.15) is 39.4 Å². The van der Waals surface area contributed by atoms with E-state index in [0.29, 0.717) is 22.2 Å². The number of ether oxygens (including phenoxy) is 2. The summed E-state index contributed by atoms with van der Waals surface area (Å²) in [6, 6.07) is 17.6. The standard InChI is InChI=1S/C27H23NO7/c1-34-17-9-8-16-12-20(27(33)28-21(16)13-17)19(14-23(30)35-2)24-22(29)11-10-18(26(24)32)25(31)15-6-4-3-5-7-15/h3-13,19,29,32H,14H2,1-2H3,(H,28,33). The van der Waals surface area contributed by atoms with E-state index >= 15 is 0 Å². The van der Waals surface area contributed by atoms with E-state index in [1.54, 1.807) is 54.6 Å². The van der Waals surface area contributed by atoms with Gasteiger partial charge in [0.15, 0.2) is 5.78 Å². The van der Waals surface area contributed by atoms with Crippen molar-refractivity contribution in [1.82, 2.24) is 4.98 Å². The SMILES string of the molecule is COC(=O)CC(c1c(O)ccc(C(=O)c2ccccc2)c1O)c1cc2ccc(OC)cc2[nH]c1=O. The number of phenols is 2. The number of benzene rings is 3. The van der Waals surface area contributed by atoms with Gasteiger partial charge in [-0.2, -0.15) is 0 Å². The smallest absolute Gasteiger partial charge is 0.306 e. The minimum atomic E-state index is -1.10. The number of carbonyl (C=O) groups excluding carboxylic acids is 2. The van der Waals surface area contributed by atoms with E-state index in [9.17, 15) is 24.6 Å². The Morgan fingerprint density at radius 2 is 1.71 bits per heavy atom. The topological polar surface area (TPSA) is 126 Å². The second kappa shape index (κ2) is 9.72. The molecule has 1 unspecified atom stereocenters. The van der Waals surface area contributed by atoms with Gasteiger partial charge in [-0.05, 0) is 35.7 Å². The molecular formula is C27H23NO7. The Morgan fingerprint density at radius 3 is 2.40 bits per heavy atom. The lowest BCUT2D eigenvalue weighted by Gasteiger charge is -2.20. The summed E-state index contributed by atoms with van der Waals surface area (Å²) >= 11 is 0. The van der Waals surface area contributed by atoms with E-state index in [4.69, 9.17) is 9.47 Å². The molecule has 0 aliphatic rings. The molecule has 0 saturated carbocycles. The molecule has 178 valence electrons. The van der Waals surface area contributed by atoms with Gasteiger partial charge in [0.05, 0.1) is 31.7 Å². The number of esters is 1. The van der Waals surface area contributed by atoms with Crippen LogP contribution in [0.3, 0.4) is 0 Å². The third-order valence-corrected chi connectivity index (χ3v) is 5.88. The maximum atomic E-state index is 13.1. The highest BCUT2D eigenvalue weighted by Crippen LogP contribution is 2.42. The van der Waals surface area contributed by atoms with Crippen LogP contribution in [-0.4, -0.2) is 41.2 Å². The molecule has 8 nitrogen and oxygen atoms in total. The average Bonchev–Trinajstić information content (AvgIpc) is 2.87. The molecule has 0 aliphatic heterocycles. The number of hydrogen-bond donors (Lipinski definition) is 3. The largest absolute Gasteiger partial charge is 0.508 e. The number of aromatic amines is 1. The number of pyridine rings is 1. The molecule has 0 aliphatic carbocycles. The second-order valence-electron chi connectivity index (χ2n) is 7.93. The molecule has 3 aromatic carbocycles. The van der Waals surface area contributed by atoms with Gasteiger partial charge in [0, 0.05) is 28.7 Å². The second-order valence-corrected chi connectivity index (χ2v) is 7.93. The quantitative estimate of drug-likeness (QED) is 0.275. The zero-order valence-corrected chi connectivity index (χ0v) is 19.1. The van der Waals surface area contributed by atoms with Gasteiger partial charge in [0.1, 0.15) is 17.2 Å². The molecule has 0 amide bonds. The van der Waals surface area contributed by atoms with E-state index in [-0.39, 0.29) is 28.9 Å². The summed E-state index contributed by atoms with van der Waals surface area (Å²) in [7, 11) is 2.71. The molecular weight excluding hydrogens is 450 g/mol. The third-order valence-electron chi connectivity index (χ3n) is 5.88. The van der Waals surface area contributed by atoms with Crippen LogP contribution in [0.15, 0.2) is 71.5 Å². The minimum Gasteiger partial charge on any atom is -0.508 e. The van der Waals surface area contributed by atoms with Crippen LogP contribution in [0.5, 0.6) is 17.2 Å². The van der Waals surface area contributed by atoms with Gasteiger partial charge in [-0.3, -0.25) is 14.4 Å². The minimum absolute atomic E-state index is 0.0687. The molecule has 3 N–H and O–H groups in total. The Balaban J connectivity index is 1.91. The van der Waals surface area contributed by atoms with Crippen LogP contribution in [0.25, 0.3) is 10.9 Å². The molecule has 0 spiro atoms. The van der Waals surface area contributed by atoms with Crippen molar-refractivity contribution in [1.29, 1.82) is 0 Å². The van der Waals surface area contributed by atoms with Crippen LogP contribution >= 0.6 is 0 Å². The lowest BCUT2D eigenvalue weighted by molar-refractivity contribution is -0.140. The summed E-state index contributed by atoms with van der Waals surface area (Å²) in [5.41, 5.74) is 0.246. The van der Waals surface area contributed by atoms with Crippen molar-refractivity contribution in [2.45, 2.75) is 12.3 Å². The number of methoxy groups -OCH3 is 2. The van der Waals surface area contributed by atoms with Crippen LogP contribution in [0, 0.1) is 0 Å². The van der Waals surface area contributed by atoms with Gasteiger partial charge in [0.25, 0.3) is 5.56 Å². The van der Waals surface area contributed by atoms with Gasteiger partial charge < -0.3 is 24.7 Å². The first kappa shape index (κ1) is 23.6. The molecule has 0 saturated heterocycles. The predicted molar refractivity (Wildman–Crippen MR) is 129 cm³/mol. The lowest BCUT2D eigenvalue weighted by Crippen LogP contribution is -2.20. The Kier molecular flexibility index (Phi) is 6.55. The maximum absolute atomic E-state index is 13.1. The van der Waals surface area contributed by atoms with Crippen molar-refractivity contribution in [3.63, 3.8) is 0 Å².